The highest BCUT2D eigenvalue weighted by Crippen LogP contribution is 2.26. The van der Waals surface area contributed by atoms with Gasteiger partial charge in [0.2, 0.25) is 5.79 Å². The second-order valence-corrected chi connectivity index (χ2v) is 5.59. The summed E-state index contributed by atoms with van der Waals surface area (Å²) in [5.74, 6) is -4.26. The molecule has 128 valence electrons. The van der Waals surface area contributed by atoms with Crippen LogP contribution in [0.3, 0.4) is 0 Å². The van der Waals surface area contributed by atoms with Crippen molar-refractivity contribution in [3.63, 3.8) is 0 Å². The van der Waals surface area contributed by atoms with Gasteiger partial charge in [-0.2, -0.15) is 0 Å². The van der Waals surface area contributed by atoms with Gasteiger partial charge in [0.05, 0.1) is 17.7 Å². The van der Waals surface area contributed by atoms with E-state index in [9.17, 15) is 19.5 Å². The molecule has 0 radical (unpaired) electrons. The molecule has 7 nitrogen and oxygen atoms in total. The molecule has 1 aromatic carbocycles. The molecule has 0 aliphatic carbocycles. The van der Waals surface area contributed by atoms with Crippen LogP contribution < -0.4 is 0 Å². The summed E-state index contributed by atoms with van der Waals surface area (Å²) in [6.07, 6.45) is -1.24. The van der Waals surface area contributed by atoms with Gasteiger partial charge in [-0.1, -0.05) is 18.7 Å². The first-order chi connectivity index (χ1) is 11.2. The molecule has 0 amide bonds. The molecule has 1 N–H and O–H groups in total. The minimum absolute atomic E-state index is 0.00920. The predicted molar refractivity (Wildman–Crippen MR) is 82.1 cm³/mol. The van der Waals surface area contributed by atoms with Crippen molar-refractivity contribution in [3.8, 4) is 0 Å². The summed E-state index contributed by atoms with van der Waals surface area (Å²) < 4.78 is 15.2. The number of hydrogen-bond donors (Lipinski definition) is 1. The minimum atomic E-state index is -2.06. The Morgan fingerprint density at radius 2 is 1.88 bits per heavy atom. The maximum absolute atomic E-state index is 12.2. The number of ether oxygens (including phenoxy) is 3. The van der Waals surface area contributed by atoms with Gasteiger partial charge in [0.1, 0.15) is 0 Å². The number of aliphatic hydroxyl groups is 1. The van der Waals surface area contributed by atoms with E-state index < -0.39 is 29.8 Å². The summed E-state index contributed by atoms with van der Waals surface area (Å²) in [7, 11) is 0. The van der Waals surface area contributed by atoms with Gasteiger partial charge in [-0.15, -0.1) is 0 Å². The molecule has 0 aromatic heterocycles. The van der Waals surface area contributed by atoms with E-state index in [0.717, 1.165) is 0 Å². The van der Waals surface area contributed by atoms with E-state index in [2.05, 4.69) is 6.58 Å². The Labute approximate surface area is 138 Å². The Bertz CT molecular complexity index is 690. The highest BCUT2D eigenvalue weighted by molar-refractivity contribution is 6.03. The molecule has 0 fully saturated rings. The Hall–Kier alpha value is -2.67. The number of cyclic esters (lactones) is 2. The van der Waals surface area contributed by atoms with Crippen molar-refractivity contribution in [1.29, 1.82) is 0 Å². The molecule has 7 heteroatoms. The van der Waals surface area contributed by atoms with Gasteiger partial charge in [-0.25, -0.2) is 14.4 Å². The molecule has 1 aromatic rings. The van der Waals surface area contributed by atoms with Crippen molar-refractivity contribution in [2.24, 2.45) is 0 Å². The van der Waals surface area contributed by atoms with Crippen LogP contribution in [0.15, 0.2) is 36.4 Å². The lowest BCUT2D eigenvalue weighted by molar-refractivity contribution is -0.217. The van der Waals surface area contributed by atoms with Crippen LogP contribution in [-0.2, 0) is 19.0 Å². The Kier molecular flexibility index (Phi) is 5.04. The second-order valence-electron chi connectivity index (χ2n) is 5.59. The lowest BCUT2D eigenvalue weighted by Gasteiger charge is -2.33. The van der Waals surface area contributed by atoms with E-state index in [1.54, 1.807) is 12.1 Å². The molecule has 1 aliphatic heterocycles. The first kappa shape index (κ1) is 17.7. The van der Waals surface area contributed by atoms with Crippen molar-refractivity contribution in [1.82, 2.24) is 0 Å². The standard InChI is InChI=1S/C17H18O7/c1-10(2)14(18)22-9-8-13-17(3,21)24-16(20)12-7-5-4-6-11(12)15(19)23-13/h4-7,13,21H,1,8-9H2,2-3H3. The molecule has 0 bridgehead atoms. The molecule has 2 rings (SSSR count). The van der Waals surface area contributed by atoms with E-state index >= 15 is 0 Å². The SMILES string of the molecule is C=C(C)C(=O)OCCC1OC(=O)c2ccccc2C(=O)OC1(C)O. The molecule has 24 heavy (non-hydrogen) atoms. The molecule has 1 heterocycles. The average Bonchev–Trinajstić information content (AvgIpc) is 2.52. The van der Waals surface area contributed by atoms with Gasteiger partial charge in [-0.05, 0) is 19.1 Å². The van der Waals surface area contributed by atoms with Gasteiger partial charge < -0.3 is 19.3 Å². The molecule has 2 unspecified atom stereocenters. The van der Waals surface area contributed by atoms with Crippen molar-refractivity contribution >= 4 is 17.9 Å². The summed E-state index contributed by atoms with van der Waals surface area (Å²) >= 11 is 0. The summed E-state index contributed by atoms with van der Waals surface area (Å²) in [6, 6.07) is 5.98. The summed E-state index contributed by atoms with van der Waals surface area (Å²) in [5, 5.41) is 10.3. The van der Waals surface area contributed by atoms with Crippen LogP contribution in [0, 0.1) is 0 Å². The fourth-order valence-electron chi connectivity index (χ4n) is 2.16. The Morgan fingerprint density at radius 3 is 2.46 bits per heavy atom. The molecular formula is C17H18O7. The topological polar surface area (TPSA) is 99.1 Å². The monoisotopic (exact) mass is 334 g/mol. The van der Waals surface area contributed by atoms with E-state index in [-0.39, 0.29) is 29.7 Å². The van der Waals surface area contributed by atoms with Crippen molar-refractivity contribution in [2.75, 3.05) is 6.61 Å². The average molecular weight is 334 g/mol. The third kappa shape index (κ3) is 3.80. The summed E-state index contributed by atoms with van der Waals surface area (Å²) in [5.41, 5.74) is 0.272. The number of benzene rings is 1. The van der Waals surface area contributed by atoms with Crippen molar-refractivity contribution in [2.45, 2.75) is 32.2 Å². The third-order valence-corrected chi connectivity index (χ3v) is 3.47. The normalized spacial score (nSPS) is 23.2. The van der Waals surface area contributed by atoms with Gasteiger partial charge in [0.25, 0.3) is 0 Å². The van der Waals surface area contributed by atoms with Gasteiger partial charge in [0, 0.05) is 18.9 Å². The van der Waals surface area contributed by atoms with E-state index in [1.807, 2.05) is 0 Å². The molecule has 2 atom stereocenters. The summed E-state index contributed by atoms with van der Waals surface area (Å²) in [4.78, 5) is 35.8. The van der Waals surface area contributed by atoms with Crippen LogP contribution in [0.2, 0.25) is 0 Å². The molecule has 0 saturated heterocycles. The number of hydrogen-bond acceptors (Lipinski definition) is 7. The van der Waals surface area contributed by atoms with E-state index in [0.29, 0.717) is 0 Å². The van der Waals surface area contributed by atoms with Crippen LogP contribution in [-0.4, -0.2) is 41.5 Å². The van der Waals surface area contributed by atoms with Crippen LogP contribution >= 0.6 is 0 Å². The molecule has 0 saturated carbocycles. The number of rotatable bonds is 4. The van der Waals surface area contributed by atoms with E-state index in [1.165, 1.54) is 26.0 Å². The van der Waals surface area contributed by atoms with Crippen molar-refractivity contribution < 1.29 is 33.7 Å². The highest BCUT2D eigenvalue weighted by atomic mass is 16.7. The van der Waals surface area contributed by atoms with Gasteiger partial charge >= 0.3 is 17.9 Å². The number of carbonyl (C=O) groups is 3. The zero-order valence-electron chi connectivity index (χ0n) is 13.4. The fraction of sp³-hybridized carbons (Fsp3) is 0.353. The largest absolute Gasteiger partial charge is 0.462 e. The van der Waals surface area contributed by atoms with Crippen molar-refractivity contribution in [3.05, 3.63) is 47.5 Å². The lowest BCUT2D eigenvalue weighted by atomic mass is 10.0. The zero-order valence-corrected chi connectivity index (χ0v) is 13.4. The maximum atomic E-state index is 12.2. The van der Waals surface area contributed by atoms with Gasteiger partial charge in [0.15, 0.2) is 6.10 Å². The summed E-state index contributed by atoms with van der Waals surface area (Å²) in [6.45, 7) is 6.00. The lowest BCUT2D eigenvalue weighted by Crippen LogP contribution is -2.48. The van der Waals surface area contributed by atoms with Crippen LogP contribution in [0.5, 0.6) is 0 Å². The zero-order chi connectivity index (χ0) is 17.9. The third-order valence-electron chi connectivity index (χ3n) is 3.47. The second kappa shape index (κ2) is 6.84. The molecular weight excluding hydrogens is 316 g/mol. The first-order valence-electron chi connectivity index (χ1n) is 7.30. The first-order valence-corrected chi connectivity index (χ1v) is 7.30. The van der Waals surface area contributed by atoms with Crippen LogP contribution in [0.1, 0.15) is 41.0 Å². The minimum Gasteiger partial charge on any atom is -0.462 e. The van der Waals surface area contributed by atoms with E-state index in [4.69, 9.17) is 14.2 Å². The number of carbonyl (C=O) groups excluding carboxylic acids is 3. The van der Waals surface area contributed by atoms with Crippen LogP contribution in [0.4, 0.5) is 0 Å². The fourth-order valence-corrected chi connectivity index (χ4v) is 2.16. The quantitative estimate of drug-likeness (QED) is 0.507. The highest BCUT2D eigenvalue weighted by Gasteiger charge is 2.42. The van der Waals surface area contributed by atoms with Crippen LogP contribution in [0.25, 0.3) is 0 Å². The van der Waals surface area contributed by atoms with Gasteiger partial charge in [-0.3, -0.25) is 0 Å². The number of esters is 3. The molecule has 1 aliphatic rings. The predicted octanol–water partition coefficient (Wildman–Crippen LogP) is 1.60. The Morgan fingerprint density at radius 1 is 1.29 bits per heavy atom. The number of fused-ring (bicyclic) bond motifs is 1. The Balaban J connectivity index is 2.18. The maximum Gasteiger partial charge on any atom is 0.341 e. The smallest absolute Gasteiger partial charge is 0.341 e. The molecule has 0 spiro atoms.